The van der Waals surface area contributed by atoms with Crippen LogP contribution in [0.4, 0.5) is 0 Å². The molecule has 0 radical (unpaired) electrons. The van der Waals surface area contributed by atoms with E-state index in [1.807, 2.05) is 24.0 Å². The minimum absolute atomic E-state index is 0.285. The Hall–Kier alpha value is -1.88. The third-order valence-electron chi connectivity index (χ3n) is 3.93. The van der Waals surface area contributed by atoms with E-state index in [1.165, 1.54) is 11.1 Å². The summed E-state index contributed by atoms with van der Waals surface area (Å²) in [6.45, 7) is 5.11. The summed E-state index contributed by atoms with van der Waals surface area (Å²) in [6.07, 6.45) is 4.62. The molecule has 0 aliphatic rings. The monoisotopic (exact) mass is 288 g/mol. The molecule has 5 heteroatoms. The first kappa shape index (κ1) is 15.5. The van der Waals surface area contributed by atoms with Crippen molar-refractivity contribution < 1.29 is 4.74 Å². The maximum absolute atomic E-state index is 5.51. The predicted octanol–water partition coefficient (Wildman–Crippen LogP) is 2.58. The van der Waals surface area contributed by atoms with Crippen LogP contribution in [0.15, 0.2) is 24.5 Å². The van der Waals surface area contributed by atoms with Crippen LogP contribution in [0.2, 0.25) is 0 Å². The molecule has 0 aromatic carbocycles. The normalized spacial score (nSPS) is 12.7. The van der Waals surface area contributed by atoms with Crippen LogP contribution in [-0.2, 0) is 20.0 Å². The average Bonchev–Trinajstić information content (AvgIpc) is 2.82. The number of pyridine rings is 1. The second kappa shape index (κ2) is 6.72. The van der Waals surface area contributed by atoms with Gasteiger partial charge in [-0.2, -0.15) is 5.10 Å². The van der Waals surface area contributed by atoms with Gasteiger partial charge in [0, 0.05) is 32.0 Å². The lowest BCUT2D eigenvalue weighted by Gasteiger charge is -2.25. The summed E-state index contributed by atoms with van der Waals surface area (Å²) >= 11 is 0. The quantitative estimate of drug-likeness (QED) is 0.819. The second-order valence-corrected chi connectivity index (χ2v) is 5.29. The van der Waals surface area contributed by atoms with Crippen LogP contribution in [0.25, 0.3) is 0 Å². The van der Waals surface area contributed by atoms with E-state index in [9.17, 15) is 0 Å². The topological polar surface area (TPSA) is 43.2 Å². The van der Waals surface area contributed by atoms with Crippen molar-refractivity contribution in [2.45, 2.75) is 32.9 Å². The number of hydrogen-bond donors (Lipinski definition) is 0. The largest absolute Gasteiger partial charge is 0.481 e. The van der Waals surface area contributed by atoms with Crippen molar-refractivity contribution in [3.05, 3.63) is 41.3 Å². The van der Waals surface area contributed by atoms with Gasteiger partial charge < -0.3 is 4.74 Å². The summed E-state index contributed by atoms with van der Waals surface area (Å²) in [5, 5.41) is 4.54. The molecule has 1 unspecified atom stereocenters. The van der Waals surface area contributed by atoms with E-state index in [0.29, 0.717) is 0 Å². The van der Waals surface area contributed by atoms with E-state index in [-0.39, 0.29) is 6.04 Å². The first-order valence-electron chi connectivity index (χ1n) is 7.27. The van der Waals surface area contributed by atoms with Crippen molar-refractivity contribution in [1.29, 1.82) is 0 Å². The van der Waals surface area contributed by atoms with Gasteiger partial charge in [0.2, 0.25) is 5.88 Å². The molecule has 0 bridgehead atoms. The fourth-order valence-electron chi connectivity index (χ4n) is 2.57. The molecule has 5 nitrogen and oxygen atoms in total. The summed E-state index contributed by atoms with van der Waals surface area (Å²) in [6, 6.07) is 4.37. The van der Waals surface area contributed by atoms with E-state index >= 15 is 0 Å². The molecular formula is C16H24N4O. The number of methoxy groups -OCH3 is 1. The summed E-state index contributed by atoms with van der Waals surface area (Å²) in [5.41, 5.74) is 3.47. The van der Waals surface area contributed by atoms with Crippen LogP contribution < -0.4 is 4.74 Å². The Morgan fingerprint density at radius 3 is 2.76 bits per heavy atom. The van der Waals surface area contributed by atoms with Crippen LogP contribution in [0.1, 0.15) is 36.7 Å². The fraction of sp³-hybridized carbons (Fsp3) is 0.500. The van der Waals surface area contributed by atoms with Gasteiger partial charge in [-0.05, 0) is 32.0 Å². The van der Waals surface area contributed by atoms with Crippen molar-refractivity contribution >= 4 is 0 Å². The van der Waals surface area contributed by atoms with E-state index < -0.39 is 0 Å². The lowest BCUT2D eigenvalue weighted by atomic mass is 10.1. The van der Waals surface area contributed by atoms with Gasteiger partial charge in [0.1, 0.15) is 0 Å². The molecule has 0 spiro atoms. The van der Waals surface area contributed by atoms with Crippen LogP contribution >= 0.6 is 0 Å². The van der Waals surface area contributed by atoms with Crippen LogP contribution in [0, 0.1) is 0 Å². The zero-order valence-electron chi connectivity index (χ0n) is 13.5. The molecule has 0 saturated carbocycles. The van der Waals surface area contributed by atoms with Gasteiger partial charge in [0.15, 0.2) is 0 Å². The number of aryl methyl sites for hydroxylation is 2. The third kappa shape index (κ3) is 3.24. The minimum Gasteiger partial charge on any atom is -0.481 e. The highest BCUT2D eigenvalue weighted by Gasteiger charge is 2.20. The molecule has 2 heterocycles. The number of rotatable bonds is 6. The molecule has 0 N–H and O–H groups in total. The highest BCUT2D eigenvalue weighted by molar-refractivity contribution is 5.32. The number of ether oxygens (including phenoxy) is 1. The standard InChI is InChI=1S/C16H24N4O/c1-6-15-14(16(21-5)20(4)18-15)11-19(3)12(2)13-8-7-9-17-10-13/h7-10,12H,6,11H2,1-5H3. The van der Waals surface area contributed by atoms with E-state index in [0.717, 1.165) is 24.5 Å². The number of hydrogen-bond acceptors (Lipinski definition) is 4. The zero-order chi connectivity index (χ0) is 15.4. The van der Waals surface area contributed by atoms with Crippen molar-refractivity contribution in [3.63, 3.8) is 0 Å². The predicted molar refractivity (Wildman–Crippen MR) is 83.3 cm³/mol. The number of aromatic nitrogens is 3. The van der Waals surface area contributed by atoms with Crippen molar-refractivity contribution in [3.8, 4) is 5.88 Å². The first-order valence-corrected chi connectivity index (χ1v) is 7.27. The van der Waals surface area contributed by atoms with Gasteiger partial charge in [-0.3, -0.25) is 9.88 Å². The first-order chi connectivity index (χ1) is 10.1. The fourth-order valence-corrected chi connectivity index (χ4v) is 2.57. The highest BCUT2D eigenvalue weighted by Crippen LogP contribution is 2.27. The average molecular weight is 288 g/mol. The van der Waals surface area contributed by atoms with E-state index in [4.69, 9.17) is 4.74 Å². The number of nitrogens with zero attached hydrogens (tertiary/aromatic N) is 4. The van der Waals surface area contributed by atoms with Gasteiger partial charge in [-0.1, -0.05) is 13.0 Å². The summed E-state index contributed by atoms with van der Waals surface area (Å²) in [4.78, 5) is 6.49. The molecular weight excluding hydrogens is 264 g/mol. The van der Waals surface area contributed by atoms with E-state index in [2.05, 4.69) is 41.9 Å². The lowest BCUT2D eigenvalue weighted by Crippen LogP contribution is -2.22. The summed E-state index contributed by atoms with van der Waals surface area (Å²) < 4.78 is 7.32. The van der Waals surface area contributed by atoms with Crippen LogP contribution in [-0.4, -0.2) is 33.8 Å². The summed E-state index contributed by atoms with van der Waals surface area (Å²) in [7, 11) is 5.74. The Morgan fingerprint density at radius 1 is 1.43 bits per heavy atom. The highest BCUT2D eigenvalue weighted by atomic mass is 16.5. The maximum Gasteiger partial charge on any atom is 0.216 e. The zero-order valence-corrected chi connectivity index (χ0v) is 13.5. The molecule has 1 atom stereocenters. The molecule has 0 saturated heterocycles. The molecule has 0 aliphatic heterocycles. The molecule has 2 rings (SSSR count). The Bertz CT molecular complexity index is 579. The Kier molecular flexibility index (Phi) is 4.96. The SMILES string of the molecule is CCc1nn(C)c(OC)c1CN(C)C(C)c1cccnc1. The maximum atomic E-state index is 5.51. The summed E-state index contributed by atoms with van der Waals surface area (Å²) in [5.74, 6) is 0.845. The Balaban J connectivity index is 2.21. The third-order valence-corrected chi connectivity index (χ3v) is 3.93. The molecule has 2 aromatic rings. The van der Waals surface area contributed by atoms with Gasteiger partial charge in [-0.25, -0.2) is 4.68 Å². The van der Waals surface area contributed by atoms with Crippen LogP contribution in [0.3, 0.4) is 0 Å². The Labute approximate surface area is 126 Å². The molecule has 114 valence electrons. The second-order valence-electron chi connectivity index (χ2n) is 5.29. The minimum atomic E-state index is 0.285. The lowest BCUT2D eigenvalue weighted by molar-refractivity contribution is 0.247. The van der Waals surface area contributed by atoms with Crippen molar-refractivity contribution in [2.75, 3.05) is 14.2 Å². The molecule has 0 fully saturated rings. The Morgan fingerprint density at radius 2 is 2.19 bits per heavy atom. The van der Waals surface area contributed by atoms with Gasteiger partial charge in [-0.15, -0.1) is 0 Å². The van der Waals surface area contributed by atoms with Gasteiger partial charge in [0.25, 0.3) is 0 Å². The van der Waals surface area contributed by atoms with Gasteiger partial charge in [0.05, 0.1) is 18.4 Å². The molecule has 2 aromatic heterocycles. The van der Waals surface area contributed by atoms with Crippen LogP contribution in [0.5, 0.6) is 5.88 Å². The van der Waals surface area contributed by atoms with Crippen molar-refractivity contribution in [1.82, 2.24) is 19.7 Å². The van der Waals surface area contributed by atoms with E-state index in [1.54, 1.807) is 13.3 Å². The van der Waals surface area contributed by atoms with Crippen molar-refractivity contribution in [2.24, 2.45) is 7.05 Å². The molecule has 21 heavy (non-hydrogen) atoms. The molecule has 0 aliphatic carbocycles. The van der Waals surface area contributed by atoms with Gasteiger partial charge >= 0.3 is 0 Å². The smallest absolute Gasteiger partial charge is 0.216 e. The molecule has 0 amide bonds.